The van der Waals surface area contributed by atoms with Crippen molar-refractivity contribution >= 4 is 23.8 Å². The molecule has 0 radical (unpaired) electrons. The van der Waals surface area contributed by atoms with Gasteiger partial charge in [0.2, 0.25) is 0 Å². The molecule has 0 aromatic heterocycles. The molecule has 140 valence electrons. The summed E-state index contributed by atoms with van der Waals surface area (Å²) in [5, 5.41) is 7.75. The summed E-state index contributed by atoms with van der Waals surface area (Å²) >= 11 is 0. The second kappa shape index (κ2) is 8.38. The molecule has 3 aromatic carbocycles. The quantitative estimate of drug-likeness (QED) is 0.622. The summed E-state index contributed by atoms with van der Waals surface area (Å²) in [7, 11) is 1.43. The standard InChI is InChI=1S/C25H30NP/c1-17-11-18(2)14-22(13-17)27(23-15-19(3)12-20(4)16-23)25-10-8-7-9-24(25)21(5)26-6/h7-16,21,26H,1-6H3/t21-/m0/s1. The summed E-state index contributed by atoms with van der Waals surface area (Å²) < 4.78 is 0. The fourth-order valence-electron chi connectivity index (χ4n) is 3.80. The van der Waals surface area contributed by atoms with Crippen LogP contribution < -0.4 is 21.2 Å². The summed E-state index contributed by atoms with van der Waals surface area (Å²) in [6.07, 6.45) is 0. The van der Waals surface area contributed by atoms with E-state index in [2.05, 4.69) is 101 Å². The van der Waals surface area contributed by atoms with E-state index in [0.717, 1.165) is 0 Å². The van der Waals surface area contributed by atoms with E-state index in [4.69, 9.17) is 0 Å². The number of rotatable bonds is 5. The van der Waals surface area contributed by atoms with Gasteiger partial charge in [-0.1, -0.05) is 82.9 Å². The van der Waals surface area contributed by atoms with Crippen molar-refractivity contribution in [3.05, 3.63) is 88.5 Å². The highest BCUT2D eigenvalue weighted by Gasteiger charge is 2.22. The molecule has 3 aromatic rings. The molecule has 1 nitrogen and oxygen atoms in total. The van der Waals surface area contributed by atoms with Crippen LogP contribution in [-0.2, 0) is 0 Å². The summed E-state index contributed by atoms with van der Waals surface area (Å²) in [4.78, 5) is 0. The van der Waals surface area contributed by atoms with Crippen LogP contribution in [-0.4, -0.2) is 7.05 Å². The Morgan fingerprint density at radius 2 is 1.15 bits per heavy atom. The lowest BCUT2D eigenvalue weighted by atomic mass is 10.1. The van der Waals surface area contributed by atoms with Crippen molar-refractivity contribution in [2.75, 3.05) is 7.05 Å². The minimum atomic E-state index is -0.610. The molecule has 27 heavy (non-hydrogen) atoms. The number of nitrogens with one attached hydrogen (secondary N) is 1. The van der Waals surface area contributed by atoms with Crippen LogP contribution in [0.2, 0.25) is 0 Å². The Labute approximate surface area is 165 Å². The molecular weight excluding hydrogens is 345 g/mol. The van der Waals surface area contributed by atoms with Crippen molar-refractivity contribution in [2.45, 2.75) is 40.7 Å². The molecule has 0 fully saturated rings. The zero-order valence-corrected chi connectivity index (χ0v) is 18.2. The first-order valence-corrected chi connectivity index (χ1v) is 11.0. The Morgan fingerprint density at radius 3 is 1.59 bits per heavy atom. The van der Waals surface area contributed by atoms with E-state index < -0.39 is 7.92 Å². The number of hydrogen-bond donors (Lipinski definition) is 1. The lowest BCUT2D eigenvalue weighted by molar-refractivity contribution is 0.656. The van der Waals surface area contributed by atoms with Crippen molar-refractivity contribution in [2.24, 2.45) is 0 Å². The van der Waals surface area contributed by atoms with Crippen molar-refractivity contribution in [3.8, 4) is 0 Å². The molecular formula is C25H30NP. The topological polar surface area (TPSA) is 12.0 Å². The molecule has 0 saturated heterocycles. The van der Waals surface area contributed by atoms with Crippen LogP contribution in [0.15, 0.2) is 60.7 Å². The summed E-state index contributed by atoms with van der Waals surface area (Å²) in [5.41, 5.74) is 6.73. The van der Waals surface area contributed by atoms with Crippen LogP contribution in [0.5, 0.6) is 0 Å². The van der Waals surface area contributed by atoms with Gasteiger partial charge in [0.25, 0.3) is 0 Å². The van der Waals surface area contributed by atoms with Gasteiger partial charge in [0.05, 0.1) is 0 Å². The van der Waals surface area contributed by atoms with E-state index in [9.17, 15) is 0 Å². The first kappa shape index (κ1) is 19.8. The second-order valence-corrected chi connectivity index (χ2v) is 9.78. The van der Waals surface area contributed by atoms with Gasteiger partial charge >= 0.3 is 0 Å². The van der Waals surface area contributed by atoms with Gasteiger partial charge in [0.1, 0.15) is 0 Å². The van der Waals surface area contributed by atoms with Crippen molar-refractivity contribution in [1.29, 1.82) is 0 Å². The van der Waals surface area contributed by atoms with Gasteiger partial charge in [-0.25, -0.2) is 0 Å². The molecule has 0 aliphatic heterocycles. The van der Waals surface area contributed by atoms with E-state index in [1.807, 2.05) is 7.05 Å². The van der Waals surface area contributed by atoms with Gasteiger partial charge in [-0.3, -0.25) is 0 Å². The smallest absolute Gasteiger partial charge is 0.0295 e. The van der Waals surface area contributed by atoms with Crippen LogP contribution in [0.3, 0.4) is 0 Å². The Balaban J connectivity index is 2.29. The largest absolute Gasteiger partial charge is 0.313 e. The maximum Gasteiger partial charge on any atom is 0.0295 e. The van der Waals surface area contributed by atoms with E-state index >= 15 is 0 Å². The van der Waals surface area contributed by atoms with Crippen LogP contribution in [0.4, 0.5) is 0 Å². The Hall–Kier alpha value is -1.95. The van der Waals surface area contributed by atoms with E-state index in [-0.39, 0.29) is 0 Å². The zero-order chi connectivity index (χ0) is 19.6. The third-order valence-electron chi connectivity index (χ3n) is 5.01. The van der Waals surface area contributed by atoms with Crippen LogP contribution >= 0.6 is 7.92 Å². The molecule has 0 bridgehead atoms. The molecule has 0 heterocycles. The fraction of sp³-hybridized carbons (Fsp3) is 0.280. The molecule has 0 amide bonds. The normalized spacial score (nSPS) is 12.4. The number of aryl methyl sites for hydroxylation is 4. The van der Waals surface area contributed by atoms with Gasteiger partial charge in [-0.15, -0.1) is 0 Å². The maximum absolute atomic E-state index is 3.44. The third-order valence-corrected chi connectivity index (χ3v) is 7.44. The fourth-order valence-corrected chi connectivity index (χ4v) is 6.75. The molecule has 1 atom stereocenters. The number of hydrogen-bond acceptors (Lipinski definition) is 1. The van der Waals surface area contributed by atoms with Crippen molar-refractivity contribution < 1.29 is 0 Å². The highest BCUT2D eigenvalue weighted by atomic mass is 31.1. The lowest BCUT2D eigenvalue weighted by Crippen LogP contribution is -2.27. The van der Waals surface area contributed by atoms with Crippen molar-refractivity contribution in [3.63, 3.8) is 0 Å². The summed E-state index contributed by atoms with van der Waals surface area (Å²) in [6.45, 7) is 11.1. The zero-order valence-electron chi connectivity index (χ0n) is 17.3. The predicted molar refractivity (Wildman–Crippen MR) is 122 cm³/mol. The van der Waals surface area contributed by atoms with E-state index in [1.165, 1.54) is 43.7 Å². The highest BCUT2D eigenvalue weighted by Crippen LogP contribution is 2.36. The van der Waals surface area contributed by atoms with Crippen molar-refractivity contribution in [1.82, 2.24) is 5.32 Å². The molecule has 0 spiro atoms. The maximum atomic E-state index is 3.44. The number of benzene rings is 3. The molecule has 0 saturated carbocycles. The molecule has 3 rings (SSSR count). The third kappa shape index (κ3) is 4.49. The van der Waals surface area contributed by atoms with Crippen LogP contribution in [0, 0.1) is 27.7 Å². The summed E-state index contributed by atoms with van der Waals surface area (Å²) in [6, 6.07) is 23.3. The minimum Gasteiger partial charge on any atom is -0.313 e. The van der Waals surface area contributed by atoms with E-state index in [1.54, 1.807) is 0 Å². The molecule has 0 aliphatic rings. The van der Waals surface area contributed by atoms with Crippen LogP contribution in [0.1, 0.15) is 40.8 Å². The lowest BCUT2D eigenvalue weighted by Gasteiger charge is -2.26. The Bertz CT molecular complexity index is 853. The molecule has 1 N–H and O–H groups in total. The van der Waals surface area contributed by atoms with Gasteiger partial charge in [0.15, 0.2) is 0 Å². The Kier molecular flexibility index (Phi) is 6.15. The molecule has 0 aliphatic carbocycles. The molecule has 0 unspecified atom stereocenters. The first-order valence-electron chi connectivity index (χ1n) is 9.62. The van der Waals surface area contributed by atoms with E-state index in [0.29, 0.717) is 6.04 Å². The Morgan fingerprint density at radius 1 is 0.704 bits per heavy atom. The SMILES string of the molecule is CN[C@@H](C)c1ccccc1P(c1cc(C)cc(C)c1)c1cc(C)cc(C)c1. The first-order chi connectivity index (χ1) is 12.9. The molecule has 2 heteroatoms. The van der Waals surface area contributed by atoms with Gasteiger partial charge < -0.3 is 5.32 Å². The monoisotopic (exact) mass is 375 g/mol. The van der Waals surface area contributed by atoms with Gasteiger partial charge in [0, 0.05) is 6.04 Å². The predicted octanol–water partition coefficient (Wildman–Crippen LogP) is 4.96. The summed E-state index contributed by atoms with van der Waals surface area (Å²) in [5.74, 6) is 0. The van der Waals surface area contributed by atoms with Gasteiger partial charge in [-0.05, 0) is 71.1 Å². The average molecular weight is 375 g/mol. The minimum absolute atomic E-state index is 0.322. The van der Waals surface area contributed by atoms with Crippen LogP contribution in [0.25, 0.3) is 0 Å². The second-order valence-electron chi connectivity index (χ2n) is 7.60. The highest BCUT2D eigenvalue weighted by molar-refractivity contribution is 7.80. The van der Waals surface area contributed by atoms with Gasteiger partial charge in [-0.2, -0.15) is 0 Å². The average Bonchev–Trinajstić information content (AvgIpc) is 2.60.